The van der Waals surface area contributed by atoms with E-state index in [9.17, 15) is 22.6 Å². The van der Waals surface area contributed by atoms with Crippen molar-refractivity contribution in [2.45, 2.75) is 70.1 Å². The minimum Gasteiger partial charge on any atom is -0.462 e. The number of unbranched alkanes of at least 4 members (excludes halogenated alkanes) is 6. The summed E-state index contributed by atoms with van der Waals surface area (Å²) in [4.78, 5) is 23.9. The second-order valence-corrected chi connectivity index (χ2v) is 8.04. The first-order valence-corrected chi connectivity index (χ1v) is 11.2. The van der Waals surface area contributed by atoms with Crippen LogP contribution < -0.4 is 0 Å². The van der Waals surface area contributed by atoms with E-state index in [1.54, 1.807) is 0 Å². The van der Waals surface area contributed by atoms with E-state index in [4.69, 9.17) is 9.47 Å². The Morgan fingerprint density at radius 2 is 1.21 bits per heavy atom. The zero-order chi connectivity index (χ0) is 21.0. The van der Waals surface area contributed by atoms with Crippen LogP contribution >= 0.6 is 0 Å². The summed E-state index contributed by atoms with van der Waals surface area (Å²) in [5.41, 5.74) is -0.243. The van der Waals surface area contributed by atoms with Crippen molar-refractivity contribution in [2.24, 2.45) is 0 Å². The smallest absolute Gasteiger partial charge is 0.462 e. The summed E-state index contributed by atoms with van der Waals surface area (Å²) in [7, 11) is -4.60. The van der Waals surface area contributed by atoms with E-state index in [0.717, 1.165) is 50.7 Å². The number of hydrogen-bond donors (Lipinski definition) is 1. The van der Waals surface area contributed by atoms with Crippen LogP contribution in [0.5, 0.6) is 0 Å². The molecular formula is C20H30BaO7S+2. The number of carbonyl (C=O) groups is 2. The van der Waals surface area contributed by atoms with Gasteiger partial charge in [0.15, 0.2) is 0 Å². The summed E-state index contributed by atoms with van der Waals surface area (Å²) in [5.74, 6) is -1.50. The minimum atomic E-state index is -4.60. The molecule has 1 N–H and O–H groups in total. The quantitative estimate of drug-likeness (QED) is 0.171. The fourth-order valence-electron chi connectivity index (χ4n) is 2.54. The average molecular weight is 552 g/mol. The molecule has 7 nitrogen and oxygen atoms in total. The van der Waals surface area contributed by atoms with Gasteiger partial charge >= 0.3 is 60.8 Å². The molecular weight excluding hydrogens is 522 g/mol. The first-order valence-electron chi connectivity index (χ1n) is 9.76. The van der Waals surface area contributed by atoms with Gasteiger partial charge in [-0.1, -0.05) is 52.4 Å². The molecule has 0 atom stereocenters. The van der Waals surface area contributed by atoms with Crippen LogP contribution in [0.2, 0.25) is 0 Å². The number of carbonyl (C=O) groups excluding carboxylic acids is 2. The van der Waals surface area contributed by atoms with Crippen molar-refractivity contribution in [2.75, 3.05) is 13.2 Å². The third kappa shape index (κ3) is 11.6. The number of hydrogen-bond acceptors (Lipinski definition) is 6. The molecule has 9 heteroatoms. The van der Waals surface area contributed by atoms with Crippen LogP contribution in [0, 0.1) is 0 Å². The first-order chi connectivity index (χ1) is 13.3. The van der Waals surface area contributed by atoms with Gasteiger partial charge in [-0.3, -0.25) is 4.55 Å². The molecule has 1 rings (SSSR count). The zero-order valence-corrected chi connectivity index (χ0v) is 22.6. The first kappa shape index (κ1) is 28.6. The average Bonchev–Trinajstić information content (AvgIpc) is 2.66. The summed E-state index contributed by atoms with van der Waals surface area (Å²) >= 11 is 0. The SMILES string of the molecule is CCCCCCOC(=O)c1cc(C(=O)OCCCCCC)cc(S(=O)(=O)O)c1.[Ba+2]. The van der Waals surface area contributed by atoms with E-state index < -0.39 is 27.0 Å². The van der Waals surface area contributed by atoms with Gasteiger partial charge in [0.25, 0.3) is 10.1 Å². The molecule has 0 unspecified atom stereocenters. The molecule has 0 bridgehead atoms. The normalized spacial score (nSPS) is 10.9. The Hall–Kier alpha value is -0.359. The molecule has 0 aliphatic rings. The van der Waals surface area contributed by atoms with E-state index in [1.165, 1.54) is 6.07 Å². The van der Waals surface area contributed by atoms with Crippen LogP contribution in [0.3, 0.4) is 0 Å². The molecule has 0 radical (unpaired) electrons. The third-order valence-electron chi connectivity index (χ3n) is 4.14. The molecule has 1 aromatic rings. The molecule has 1 aromatic carbocycles. The predicted molar refractivity (Wildman–Crippen MR) is 111 cm³/mol. The maximum absolute atomic E-state index is 12.2. The molecule has 0 saturated heterocycles. The number of esters is 2. The monoisotopic (exact) mass is 552 g/mol. The molecule has 0 aromatic heterocycles. The van der Waals surface area contributed by atoms with Gasteiger partial charge in [-0.25, -0.2) is 9.59 Å². The number of benzene rings is 1. The molecule has 29 heavy (non-hydrogen) atoms. The summed E-state index contributed by atoms with van der Waals surface area (Å²) < 4.78 is 42.6. The van der Waals surface area contributed by atoms with Gasteiger partial charge in [-0.05, 0) is 31.0 Å². The van der Waals surface area contributed by atoms with E-state index >= 15 is 0 Å². The summed E-state index contributed by atoms with van der Waals surface area (Å²) in [5, 5.41) is 0. The van der Waals surface area contributed by atoms with Crippen LogP contribution in [-0.4, -0.2) is 87.0 Å². The van der Waals surface area contributed by atoms with Gasteiger partial charge in [0, 0.05) is 0 Å². The molecule has 0 saturated carbocycles. The molecule has 0 heterocycles. The Kier molecular flexibility index (Phi) is 15.3. The van der Waals surface area contributed by atoms with E-state index in [0.29, 0.717) is 12.8 Å². The third-order valence-corrected chi connectivity index (χ3v) is 4.97. The van der Waals surface area contributed by atoms with Crippen LogP contribution in [0.4, 0.5) is 0 Å². The standard InChI is InChI=1S/C20H30O7S.Ba/c1-3-5-7-9-11-26-19(21)16-13-17(15-18(14-16)28(23,24)25)20(22)27-12-10-8-6-4-2;/h13-15H,3-12H2,1-2H3,(H,23,24,25);/q;+2. The Labute approximate surface area is 213 Å². The van der Waals surface area contributed by atoms with Gasteiger partial charge < -0.3 is 9.47 Å². The van der Waals surface area contributed by atoms with Crippen molar-refractivity contribution in [1.82, 2.24) is 0 Å². The molecule has 0 aliphatic carbocycles. The van der Waals surface area contributed by atoms with Gasteiger partial charge in [0.1, 0.15) is 0 Å². The number of ether oxygens (including phenoxy) is 2. The molecule has 0 fully saturated rings. The second kappa shape index (κ2) is 15.4. The van der Waals surface area contributed by atoms with Crippen LogP contribution in [-0.2, 0) is 19.6 Å². The van der Waals surface area contributed by atoms with Crippen molar-refractivity contribution < 1.29 is 32.0 Å². The Morgan fingerprint density at radius 3 is 1.55 bits per heavy atom. The van der Waals surface area contributed by atoms with E-state index in [2.05, 4.69) is 13.8 Å². The van der Waals surface area contributed by atoms with Gasteiger partial charge in [0.05, 0.1) is 29.2 Å². The zero-order valence-electron chi connectivity index (χ0n) is 17.3. The van der Waals surface area contributed by atoms with E-state index in [1.807, 2.05) is 0 Å². The van der Waals surface area contributed by atoms with Crippen molar-refractivity contribution >= 4 is 70.9 Å². The minimum absolute atomic E-state index is 0. The summed E-state index contributed by atoms with van der Waals surface area (Å²) in [6.45, 7) is 4.53. The van der Waals surface area contributed by atoms with Gasteiger partial charge in [-0.2, -0.15) is 8.42 Å². The van der Waals surface area contributed by atoms with Crippen molar-refractivity contribution in [1.29, 1.82) is 0 Å². The largest absolute Gasteiger partial charge is 2.00 e. The van der Waals surface area contributed by atoms with Crippen LogP contribution in [0.1, 0.15) is 85.9 Å². The molecule has 0 aliphatic heterocycles. The fourth-order valence-corrected chi connectivity index (χ4v) is 3.09. The Morgan fingerprint density at radius 1 is 0.793 bits per heavy atom. The van der Waals surface area contributed by atoms with E-state index in [-0.39, 0.29) is 73.2 Å². The predicted octanol–water partition coefficient (Wildman–Crippen LogP) is 4.03. The molecule has 158 valence electrons. The maximum atomic E-state index is 12.2. The summed E-state index contributed by atoms with van der Waals surface area (Å²) in [6, 6.07) is 3.20. The second-order valence-electron chi connectivity index (χ2n) is 6.61. The van der Waals surface area contributed by atoms with Gasteiger partial charge in [-0.15, -0.1) is 0 Å². The number of rotatable bonds is 13. The Bertz CT molecular complexity index is 703. The molecule has 0 amide bonds. The van der Waals surface area contributed by atoms with Crippen LogP contribution in [0.25, 0.3) is 0 Å². The maximum Gasteiger partial charge on any atom is 2.00 e. The molecule has 0 spiro atoms. The van der Waals surface area contributed by atoms with Crippen molar-refractivity contribution in [3.63, 3.8) is 0 Å². The fraction of sp³-hybridized carbons (Fsp3) is 0.600. The van der Waals surface area contributed by atoms with Crippen molar-refractivity contribution in [3.05, 3.63) is 29.3 Å². The van der Waals surface area contributed by atoms with Gasteiger partial charge in [0.2, 0.25) is 0 Å². The Balaban J connectivity index is 0.00000784. The topological polar surface area (TPSA) is 107 Å². The van der Waals surface area contributed by atoms with Crippen LogP contribution in [0.15, 0.2) is 23.1 Å². The van der Waals surface area contributed by atoms with Crippen molar-refractivity contribution in [3.8, 4) is 0 Å². The summed E-state index contributed by atoms with van der Waals surface area (Å²) in [6.07, 6.45) is 7.40.